The highest BCUT2D eigenvalue weighted by Crippen LogP contribution is 2.29. The average Bonchev–Trinajstić information content (AvgIpc) is 2.84. The van der Waals surface area contributed by atoms with Gasteiger partial charge in [0.25, 0.3) is 0 Å². The molecule has 7 heteroatoms. The van der Waals surface area contributed by atoms with E-state index in [2.05, 4.69) is 25.6 Å². The first-order chi connectivity index (χ1) is 8.38. The van der Waals surface area contributed by atoms with Gasteiger partial charge in [0.2, 0.25) is 5.82 Å². The van der Waals surface area contributed by atoms with Gasteiger partial charge in [0.1, 0.15) is 11.4 Å². The summed E-state index contributed by atoms with van der Waals surface area (Å²) in [5.74, 6) is 0.610. The van der Waals surface area contributed by atoms with Gasteiger partial charge in [0.05, 0.1) is 5.69 Å². The highest BCUT2D eigenvalue weighted by atomic mass is 16.5. The Kier molecular flexibility index (Phi) is 2.90. The number of rotatable bonds is 2. The van der Waals surface area contributed by atoms with Crippen molar-refractivity contribution in [2.75, 3.05) is 0 Å². The summed E-state index contributed by atoms with van der Waals surface area (Å²) in [4.78, 5) is 0. The van der Waals surface area contributed by atoms with E-state index in [0.717, 1.165) is 0 Å². The van der Waals surface area contributed by atoms with Gasteiger partial charge in [-0.2, -0.15) is 5.10 Å². The second-order valence-corrected chi connectivity index (χ2v) is 5.00. The summed E-state index contributed by atoms with van der Waals surface area (Å²) in [6.07, 6.45) is 0. The van der Waals surface area contributed by atoms with Gasteiger partial charge in [0, 0.05) is 17.4 Å². The quantitative estimate of drug-likeness (QED) is 0.824. The molecule has 0 aliphatic rings. The topological polar surface area (TPSA) is 102 Å². The molecule has 0 atom stereocenters. The van der Waals surface area contributed by atoms with Gasteiger partial charge >= 0.3 is 0 Å². The molecule has 2 heterocycles. The molecule has 0 spiro atoms. The lowest BCUT2D eigenvalue weighted by atomic mass is 9.93. The van der Waals surface area contributed by atoms with Gasteiger partial charge in [-0.3, -0.25) is 5.10 Å². The number of hydrogen-bond donors (Lipinski definition) is 1. The number of nitrogens with zero attached hydrogens (tertiary/aromatic N) is 4. The molecule has 0 saturated heterocycles. The van der Waals surface area contributed by atoms with Crippen LogP contribution in [0, 0.1) is 6.92 Å². The van der Waals surface area contributed by atoms with Gasteiger partial charge < -0.3 is 9.63 Å². The number of aromatic amines is 1. The predicted molar refractivity (Wildman–Crippen MR) is 62.1 cm³/mol. The van der Waals surface area contributed by atoms with Crippen molar-refractivity contribution in [1.82, 2.24) is 15.4 Å². The molecule has 0 radical (unpaired) electrons. The Hall–Kier alpha value is -2.18. The van der Waals surface area contributed by atoms with Crippen molar-refractivity contribution in [3.63, 3.8) is 0 Å². The van der Waals surface area contributed by atoms with Crippen LogP contribution in [0.15, 0.2) is 20.8 Å². The summed E-state index contributed by atoms with van der Waals surface area (Å²) in [7, 11) is 0. The summed E-state index contributed by atoms with van der Waals surface area (Å²) in [6, 6.07) is 1.70. The van der Waals surface area contributed by atoms with Crippen molar-refractivity contribution >= 4 is 11.5 Å². The lowest BCUT2D eigenvalue weighted by Crippen LogP contribution is -2.08. The summed E-state index contributed by atoms with van der Waals surface area (Å²) in [5, 5.41) is 28.8. The Morgan fingerprint density at radius 2 is 2.06 bits per heavy atom. The molecule has 0 aromatic carbocycles. The number of aryl methyl sites for hydroxylation is 1. The standard InChI is InChI=1S/C11H15N5O2/c1-6-9(10(17)15-12-6)14-13-8-5-7(18-16-8)11(2,3)4/h5H,1-4H3,(H2,12,15,17)/p-1. The van der Waals surface area contributed by atoms with E-state index in [4.69, 9.17) is 4.52 Å². The van der Waals surface area contributed by atoms with Crippen LogP contribution in [0.4, 0.5) is 11.5 Å². The van der Waals surface area contributed by atoms with E-state index >= 15 is 0 Å². The maximum atomic E-state index is 11.3. The minimum atomic E-state index is -0.434. The molecule has 1 N–H and O–H groups in total. The average molecular weight is 248 g/mol. The SMILES string of the molecule is Cc1[nH]nc([O-])c1N=Nc1cc(C(C)(C)C)on1. The van der Waals surface area contributed by atoms with Crippen molar-refractivity contribution in [2.45, 2.75) is 33.1 Å². The van der Waals surface area contributed by atoms with Gasteiger partial charge in [-0.25, -0.2) is 0 Å². The van der Waals surface area contributed by atoms with E-state index in [-0.39, 0.29) is 11.1 Å². The van der Waals surface area contributed by atoms with Crippen LogP contribution in [0.5, 0.6) is 5.88 Å². The molecule has 96 valence electrons. The predicted octanol–water partition coefficient (Wildman–Crippen LogP) is 2.49. The summed E-state index contributed by atoms with van der Waals surface area (Å²) in [5.41, 5.74) is 0.620. The molecule has 0 saturated carbocycles. The molecule has 0 bridgehead atoms. The van der Waals surface area contributed by atoms with Crippen LogP contribution in [0.1, 0.15) is 32.2 Å². The Morgan fingerprint density at radius 1 is 1.33 bits per heavy atom. The van der Waals surface area contributed by atoms with Crippen molar-refractivity contribution in [3.8, 4) is 5.88 Å². The van der Waals surface area contributed by atoms with Crippen LogP contribution in [-0.4, -0.2) is 15.4 Å². The fourth-order valence-electron chi connectivity index (χ4n) is 1.29. The van der Waals surface area contributed by atoms with Crippen LogP contribution in [-0.2, 0) is 5.41 Å². The third-order valence-electron chi connectivity index (χ3n) is 2.37. The first-order valence-electron chi connectivity index (χ1n) is 5.49. The van der Waals surface area contributed by atoms with Crippen LogP contribution in [0.2, 0.25) is 0 Å². The molecular weight excluding hydrogens is 234 g/mol. The first-order valence-corrected chi connectivity index (χ1v) is 5.49. The molecule has 2 rings (SSSR count). The molecule has 0 unspecified atom stereocenters. The monoisotopic (exact) mass is 248 g/mol. The van der Waals surface area contributed by atoms with Crippen molar-refractivity contribution < 1.29 is 9.63 Å². The minimum absolute atomic E-state index is 0.143. The molecule has 0 amide bonds. The molecule has 7 nitrogen and oxygen atoms in total. The number of hydrogen-bond acceptors (Lipinski definition) is 6. The molecule has 2 aromatic rings. The second-order valence-electron chi connectivity index (χ2n) is 5.00. The van der Waals surface area contributed by atoms with Crippen LogP contribution in [0.3, 0.4) is 0 Å². The summed E-state index contributed by atoms with van der Waals surface area (Å²) in [6.45, 7) is 7.71. The van der Waals surface area contributed by atoms with Gasteiger partial charge in [-0.1, -0.05) is 25.9 Å². The Bertz CT molecular complexity index is 557. The highest BCUT2D eigenvalue weighted by Gasteiger charge is 2.19. The maximum Gasteiger partial charge on any atom is 0.217 e. The summed E-state index contributed by atoms with van der Waals surface area (Å²) < 4.78 is 5.15. The fourth-order valence-corrected chi connectivity index (χ4v) is 1.29. The van der Waals surface area contributed by atoms with Crippen LogP contribution < -0.4 is 5.11 Å². The molecule has 0 fully saturated rings. The Morgan fingerprint density at radius 3 is 2.56 bits per heavy atom. The van der Waals surface area contributed by atoms with E-state index < -0.39 is 5.88 Å². The summed E-state index contributed by atoms with van der Waals surface area (Å²) >= 11 is 0. The zero-order valence-electron chi connectivity index (χ0n) is 10.7. The fraction of sp³-hybridized carbons (Fsp3) is 0.455. The lowest BCUT2D eigenvalue weighted by molar-refractivity contribution is -0.273. The van der Waals surface area contributed by atoms with Crippen molar-refractivity contribution in [2.24, 2.45) is 10.2 Å². The Labute approximate surface area is 104 Å². The molecule has 18 heavy (non-hydrogen) atoms. The zero-order valence-corrected chi connectivity index (χ0v) is 10.7. The number of azo groups is 1. The maximum absolute atomic E-state index is 11.3. The molecule has 0 aliphatic carbocycles. The van der Waals surface area contributed by atoms with Gasteiger partial charge in [-0.15, -0.1) is 10.2 Å². The minimum Gasteiger partial charge on any atom is -0.856 e. The highest BCUT2D eigenvalue weighted by molar-refractivity contribution is 5.49. The number of nitrogens with one attached hydrogen (secondary N) is 1. The number of aromatic nitrogens is 3. The third kappa shape index (κ3) is 2.39. The second kappa shape index (κ2) is 4.25. The third-order valence-corrected chi connectivity index (χ3v) is 2.37. The Balaban J connectivity index is 2.22. The first kappa shape index (κ1) is 12.3. The van der Waals surface area contributed by atoms with E-state index in [1.54, 1.807) is 13.0 Å². The molecule has 2 aromatic heterocycles. The van der Waals surface area contributed by atoms with Crippen LogP contribution in [0.25, 0.3) is 0 Å². The van der Waals surface area contributed by atoms with E-state index in [1.807, 2.05) is 20.8 Å². The molecular formula is C11H14N5O2-. The number of H-pyrrole nitrogens is 1. The largest absolute Gasteiger partial charge is 0.856 e. The van der Waals surface area contributed by atoms with Gasteiger partial charge in [0.15, 0.2) is 0 Å². The smallest absolute Gasteiger partial charge is 0.217 e. The zero-order chi connectivity index (χ0) is 13.3. The molecule has 0 aliphatic heterocycles. The van der Waals surface area contributed by atoms with Crippen molar-refractivity contribution in [3.05, 3.63) is 17.5 Å². The van der Waals surface area contributed by atoms with Gasteiger partial charge in [-0.05, 0) is 6.92 Å². The van der Waals surface area contributed by atoms with E-state index in [9.17, 15) is 5.11 Å². The normalized spacial score (nSPS) is 12.4. The van der Waals surface area contributed by atoms with E-state index in [1.165, 1.54) is 0 Å². The van der Waals surface area contributed by atoms with Crippen LogP contribution >= 0.6 is 0 Å². The lowest BCUT2D eigenvalue weighted by Gasteiger charge is -2.11. The van der Waals surface area contributed by atoms with E-state index in [0.29, 0.717) is 17.3 Å². The van der Waals surface area contributed by atoms with Crippen molar-refractivity contribution in [1.29, 1.82) is 0 Å².